The van der Waals surface area contributed by atoms with Crippen LogP contribution in [0.2, 0.25) is 0 Å². The quantitative estimate of drug-likeness (QED) is 0.853. The number of rotatable bonds is 6. The lowest BCUT2D eigenvalue weighted by atomic mass is 9.97. The molecule has 0 bridgehead atoms. The van der Waals surface area contributed by atoms with Crippen LogP contribution >= 0.6 is 0 Å². The fraction of sp³-hybridized carbons (Fsp3) is 0.389. The number of hydrogen-bond donors (Lipinski definition) is 2. The van der Waals surface area contributed by atoms with Gasteiger partial charge in [-0.1, -0.05) is 12.1 Å². The third-order valence-electron chi connectivity index (χ3n) is 4.58. The molecule has 126 valence electrons. The van der Waals surface area contributed by atoms with E-state index in [1.54, 1.807) is 18.3 Å². The lowest BCUT2D eigenvalue weighted by molar-refractivity contribution is -0.130. The monoisotopic (exact) mass is 327 g/mol. The second kappa shape index (κ2) is 7.29. The zero-order valence-corrected chi connectivity index (χ0v) is 13.4. The molecule has 0 saturated carbocycles. The molecule has 6 heteroatoms. The molecule has 1 amide bonds. The van der Waals surface area contributed by atoms with Crippen LogP contribution in [-0.4, -0.2) is 45.2 Å². The number of carboxylic acids is 1. The second-order valence-electron chi connectivity index (χ2n) is 6.21. The van der Waals surface area contributed by atoms with E-state index >= 15 is 0 Å². The molecule has 0 aliphatic carbocycles. The number of aryl methyl sites for hydroxylation is 1. The van der Waals surface area contributed by atoms with Gasteiger partial charge in [0, 0.05) is 31.6 Å². The number of nitrogens with one attached hydrogen (secondary N) is 1. The molecule has 0 radical (unpaired) electrons. The number of benzene rings is 1. The Morgan fingerprint density at radius 3 is 2.75 bits per heavy atom. The number of nitrogens with zero attached hydrogens (tertiary/aromatic N) is 2. The normalized spacial score (nSPS) is 17.2. The van der Waals surface area contributed by atoms with Gasteiger partial charge in [-0.25, -0.2) is 4.79 Å². The predicted octanol–water partition coefficient (Wildman–Crippen LogP) is 2.45. The summed E-state index contributed by atoms with van der Waals surface area (Å²) < 4.78 is 0. The lowest BCUT2D eigenvalue weighted by Gasteiger charge is -2.16. The van der Waals surface area contributed by atoms with Gasteiger partial charge < -0.3 is 10.0 Å². The first-order valence-electron chi connectivity index (χ1n) is 8.22. The summed E-state index contributed by atoms with van der Waals surface area (Å²) in [6.07, 6.45) is 6.81. The van der Waals surface area contributed by atoms with Crippen molar-refractivity contribution in [3.8, 4) is 0 Å². The van der Waals surface area contributed by atoms with Crippen LogP contribution in [0.1, 0.15) is 46.7 Å². The Hall–Kier alpha value is -2.63. The molecule has 1 aliphatic rings. The van der Waals surface area contributed by atoms with Gasteiger partial charge in [0.05, 0.1) is 11.8 Å². The summed E-state index contributed by atoms with van der Waals surface area (Å²) in [6, 6.07) is 6.99. The predicted molar refractivity (Wildman–Crippen MR) is 88.9 cm³/mol. The number of aromatic carboxylic acids is 1. The van der Waals surface area contributed by atoms with Crippen molar-refractivity contribution >= 4 is 11.9 Å². The Labute approximate surface area is 140 Å². The van der Waals surface area contributed by atoms with Crippen LogP contribution in [0.5, 0.6) is 0 Å². The van der Waals surface area contributed by atoms with Crippen LogP contribution < -0.4 is 0 Å². The second-order valence-corrected chi connectivity index (χ2v) is 6.21. The smallest absolute Gasteiger partial charge is 0.335 e. The molecule has 1 aromatic carbocycles. The Balaban J connectivity index is 1.49. The summed E-state index contributed by atoms with van der Waals surface area (Å²) in [5.74, 6) is -0.420. The molecule has 1 aliphatic heterocycles. The zero-order chi connectivity index (χ0) is 16.9. The maximum Gasteiger partial charge on any atom is 0.335 e. The van der Waals surface area contributed by atoms with Gasteiger partial charge in [0.1, 0.15) is 0 Å². The van der Waals surface area contributed by atoms with E-state index in [9.17, 15) is 9.59 Å². The molecule has 2 aromatic rings. The standard InChI is InChI=1S/C18H21N3O3/c22-17(3-1-2-13-10-19-20-11-13)21-9-8-16(12-21)14-4-6-15(7-5-14)18(23)24/h4-7,10-11,16H,1-3,8-9,12H2,(H,19,20)(H,23,24)/t16-/m1/s1. The van der Waals surface area contributed by atoms with E-state index in [1.807, 2.05) is 23.2 Å². The minimum atomic E-state index is -0.914. The van der Waals surface area contributed by atoms with Crippen molar-refractivity contribution in [2.24, 2.45) is 0 Å². The molecule has 0 unspecified atom stereocenters. The average Bonchev–Trinajstić information content (AvgIpc) is 3.26. The van der Waals surface area contributed by atoms with Crippen molar-refractivity contribution in [1.82, 2.24) is 15.1 Å². The molecule has 24 heavy (non-hydrogen) atoms. The molecule has 1 fully saturated rings. The van der Waals surface area contributed by atoms with Gasteiger partial charge in [-0.3, -0.25) is 9.89 Å². The molecule has 2 N–H and O–H groups in total. The largest absolute Gasteiger partial charge is 0.478 e. The molecule has 1 aromatic heterocycles. The van der Waals surface area contributed by atoms with Crippen molar-refractivity contribution in [2.75, 3.05) is 13.1 Å². The maximum atomic E-state index is 12.3. The molecular formula is C18H21N3O3. The number of H-pyrrole nitrogens is 1. The van der Waals surface area contributed by atoms with E-state index in [0.717, 1.165) is 43.5 Å². The van der Waals surface area contributed by atoms with E-state index in [2.05, 4.69) is 10.2 Å². The van der Waals surface area contributed by atoms with E-state index in [-0.39, 0.29) is 5.91 Å². The minimum absolute atomic E-state index is 0.197. The highest BCUT2D eigenvalue weighted by atomic mass is 16.4. The number of aromatic nitrogens is 2. The van der Waals surface area contributed by atoms with E-state index in [1.165, 1.54) is 0 Å². The Kier molecular flexibility index (Phi) is 4.93. The molecular weight excluding hydrogens is 306 g/mol. The topological polar surface area (TPSA) is 86.3 Å². The Bertz CT molecular complexity index is 695. The molecule has 0 spiro atoms. The van der Waals surface area contributed by atoms with Gasteiger partial charge >= 0.3 is 5.97 Å². The number of likely N-dealkylation sites (tertiary alicyclic amines) is 1. The number of carboxylic acid groups (broad SMARTS) is 1. The zero-order valence-electron chi connectivity index (χ0n) is 13.4. The summed E-state index contributed by atoms with van der Waals surface area (Å²) >= 11 is 0. The SMILES string of the molecule is O=C(O)c1ccc([C@@H]2CCN(C(=O)CCCc3cn[nH]c3)C2)cc1. The first kappa shape index (κ1) is 16.2. The molecule has 3 rings (SSSR count). The summed E-state index contributed by atoms with van der Waals surface area (Å²) in [5, 5.41) is 15.6. The van der Waals surface area contributed by atoms with Gasteiger partial charge in [-0.2, -0.15) is 5.10 Å². The van der Waals surface area contributed by atoms with Gasteiger partial charge in [0.15, 0.2) is 0 Å². The maximum absolute atomic E-state index is 12.3. The van der Waals surface area contributed by atoms with Gasteiger partial charge in [-0.05, 0) is 42.5 Å². The number of hydrogen-bond acceptors (Lipinski definition) is 3. The molecule has 6 nitrogen and oxygen atoms in total. The van der Waals surface area contributed by atoms with Crippen molar-refractivity contribution in [1.29, 1.82) is 0 Å². The van der Waals surface area contributed by atoms with Crippen molar-refractivity contribution in [3.63, 3.8) is 0 Å². The fourth-order valence-electron chi connectivity index (χ4n) is 3.17. The summed E-state index contributed by atoms with van der Waals surface area (Å²) in [5.41, 5.74) is 2.53. The highest BCUT2D eigenvalue weighted by Gasteiger charge is 2.27. The molecule has 1 atom stereocenters. The van der Waals surface area contributed by atoms with Gasteiger partial charge in [0.25, 0.3) is 0 Å². The van der Waals surface area contributed by atoms with Crippen molar-refractivity contribution < 1.29 is 14.7 Å². The van der Waals surface area contributed by atoms with Crippen LogP contribution in [0.3, 0.4) is 0 Å². The summed E-state index contributed by atoms with van der Waals surface area (Å²) in [6.45, 7) is 1.49. The first-order valence-corrected chi connectivity index (χ1v) is 8.22. The number of aromatic amines is 1. The van der Waals surface area contributed by atoms with Crippen LogP contribution in [0.15, 0.2) is 36.7 Å². The lowest BCUT2D eigenvalue weighted by Crippen LogP contribution is -2.28. The third kappa shape index (κ3) is 3.82. The van der Waals surface area contributed by atoms with E-state index in [4.69, 9.17) is 5.11 Å². The van der Waals surface area contributed by atoms with Gasteiger partial charge in [-0.15, -0.1) is 0 Å². The average molecular weight is 327 g/mol. The van der Waals surface area contributed by atoms with Crippen LogP contribution in [0.25, 0.3) is 0 Å². The minimum Gasteiger partial charge on any atom is -0.478 e. The van der Waals surface area contributed by atoms with Crippen molar-refractivity contribution in [2.45, 2.75) is 31.6 Å². The van der Waals surface area contributed by atoms with Crippen LogP contribution in [-0.2, 0) is 11.2 Å². The highest BCUT2D eigenvalue weighted by molar-refractivity contribution is 5.87. The molecule has 1 saturated heterocycles. The highest BCUT2D eigenvalue weighted by Crippen LogP contribution is 2.28. The molecule has 2 heterocycles. The van der Waals surface area contributed by atoms with Crippen LogP contribution in [0, 0.1) is 0 Å². The number of carbonyl (C=O) groups excluding carboxylic acids is 1. The Morgan fingerprint density at radius 2 is 2.08 bits per heavy atom. The van der Waals surface area contributed by atoms with Crippen molar-refractivity contribution in [3.05, 3.63) is 53.3 Å². The van der Waals surface area contributed by atoms with Gasteiger partial charge in [0.2, 0.25) is 5.91 Å². The third-order valence-corrected chi connectivity index (χ3v) is 4.58. The number of carbonyl (C=O) groups is 2. The number of amides is 1. The van der Waals surface area contributed by atoms with Crippen LogP contribution in [0.4, 0.5) is 0 Å². The summed E-state index contributed by atoms with van der Waals surface area (Å²) in [4.78, 5) is 25.1. The summed E-state index contributed by atoms with van der Waals surface area (Å²) in [7, 11) is 0. The first-order chi connectivity index (χ1) is 11.6. The van der Waals surface area contributed by atoms with E-state index < -0.39 is 5.97 Å². The Morgan fingerprint density at radius 1 is 1.29 bits per heavy atom. The van der Waals surface area contributed by atoms with E-state index in [0.29, 0.717) is 17.9 Å². The fourth-order valence-corrected chi connectivity index (χ4v) is 3.17.